The quantitative estimate of drug-likeness (QED) is 0.837. The summed E-state index contributed by atoms with van der Waals surface area (Å²) >= 11 is 1.81. The van der Waals surface area contributed by atoms with Gasteiger partial charge in [-0.2, -0.15) is 0 Å². The van der Waals surface area contributed by atoms with Crippen LogP contribution in [-0.4, -0.2) is 37.3 Å². The molecule has 3 rings (SSSR count). The zero-order chi connectivity index (χ0) is 16.2. The van der Waals surface area contributed by atoms with Gasteiger partial charge in [-0.1, -0.05) is 19.3 Å². The summed E-state index contributed by atoms with van der Waals surface area (Å²) in [7, 11) is 3.34. The molecule has 1 aromatic rings. The number of carbonyl (C=O) groups is 1. The van der Waals surface area contributed by atoms with Crippen LogP contribution in [0.4, 0.5) is 0 Å². The highest BCUT2D eigenvalue weighted by atomic mass is 32.2. The summed E-state index contributed by atoms with van der Waals surface area (Å²) in [4.78, 5) is 15.0. The maximum Gasteiger partial charge on any atom is 0.226 e. The van der Waals surface area contributed by atoms with E-state index in [0.29, 0.717) is 5.91 Å². The average molecular weight is 335 g/mol. The van der Waals surface area contributed by atoms with Crippen molar-refractivity contribution in [3.8, 4) is 11.5 Å². The number of carbonyl (C=O) groups excluding carboxylic acids is 1. The Morgan fingerprint density at radius 1 is 1.17 bits per heavy atom. The Labute approximate surface area is 142 Å². The van der Waals surface area contributed by atoms with E-state index in [1.54, 1.807) is 14.2 Å². The second-order valence-corrected chi connectivity index (χ2v) is 7.39. The number of hydrogen-bond donors (Lipinski definition) is 0. The van der Waals surface area contributed by atoms with Crippen molar-refractivity contribution in [3.05, 3.63) is 23.8 Å². The van der Waals surface area contributed by atoms with Gasteiger partial charge in [0.05, 0.1) is 14.2 Å². The molecular weight excluding hydrogens is 310 g/mol. The predicted molar refractivity (Wildman–Crippen MR) is 93.0 cm³/mol. The fourth-order valence-corrected chi connectivity index (χ4v) is 4.85. The highest BCUT2D eigenvalue weighted by Gasteiger charge is 2.36. The Balaban J connectivity index is 1.84. The Bertz CT molecular complexity index is 557. The average Bonchev–Trinajstić information content (AvgIpc) is 3.10. The van der Waals surface area contributed by atoms with Crippen molar-refractivity contribution in [2.24, 2.45) is 5.92 Å². The van der Waals surface area contributed by atoms with Crippen LogP contribution in [0.15, 0.2) is 18.2 Å². The fourth-order valence-electron chi connectivity index (χ4n) is 3.57. The van der Waals surface area contributed by atoms with E-state index in [1.807, 2.05) is 30.0 Å². The third kappa shape index (κ3) is 3.44. The summed E-state index contributed by atoms with van der Waals surface area (Å²) in [5.74, 6) is 3.14. The van der Waals surface area contributed by atoms with Gasteiger partial charge in [0.2, 0.25) is 5.91 Å². The molecular formula is C18H25NO3S. The van der Waals surface area contributed by atoms with Gasteiger partial charge in [-0.3, -0.25) is 4.79 Å². The molecule has 23 heavy (non-hydrogen) atoms. The summed E-state index contributed by atoms with van der Waals surface area (Å²) < 4.78 is 10.9. The van der Waals surface area contributed by atoms with Gasteiger partial charge >= 0.3 is 0 Å². The highest BCUT2D eigenvalue weighted by molar-refractivity contribution is 7.99. The molecule has 1 saturated carbocycles. The summed E-state index contributed by atoms with van der Waals surface area (Å²) in [6.45, 7) is 0.824. The van der Waals surface area contributed by atoms with Crippen LogP contribution in [0.3, 0.4) is 0 Å². The van der Waals surface area contributed by atoms with Gasteiger partial charge in [-0.15, -0.1) is 11.8 Å². The van der Waals surface area contributed by atoms with Crippen molar-refractivity contribution in [1.29, 1.82) is 0 Å². The summed E-state index contributed by atoms with van der Waals surface area (Å²) in [6, 6.07) is 5.83. The van der Waals surface area contributed by atoms with Gasteiger partial charge in [0.15, 0.2) is 0 Å². The smallest absolute Gasteiger partial charge is 0.226 e. The number of ether oxygens (including phenoxy) is 2. The molecule has 1 aliphatic heterocycles. The summed E-state index contributed by atoms with van der Waals surface area (Å²) in [5.41, 5.74) is 1.04. The van der Waals surface area contributed by atoms with Crippen LogP contribution in [0.25, 0.3) is 0 Å². The molecule has 2 fully saturated rings. The van der Waals surface area contributed by atoms with Gasteiger partial charge in [0.25, 0.3) is 0 Å². The third-order valence-corrected chi connectivity index (χ3v) is 6.07. The SMILES string of the molecule is COc1ccc(OC)c([C@H]2SCCN2C(=O)C2CCCCC2)c1. The standard InChI is InChI=1S/C18H25NO3S/c1-21-14-8-9-16(22-2)15(12-14)18-19(10-11-23-18)17(20)13-6-4-3-5-7-13/h8-9,12-13,18H,3-7,10-11H2,1-2H3/t18-/m1/s1. The molecule has 1 saturated heterocycles. The minimum absolute atomic E-state index is 0.0366. The van der Waals surface area contributed by atoms with Crippen LogP contribution in [0.1, 0.15) is 43.0 Å². The van der Waals surface area contributed by atoms with Crippen LogP contribution >= 0.6 is 11.8 Å². The van der Waals surface area contributed by atoms with E-state index >= 15 is 0 Å². The minimum Gasteiger partial charge on any atom is -0.497 e. The van der Waals surface area contributed by atoms with Crippen molar-refractivity contribution in [1.82, 2.24) is 4.90 Å². The summed E-state index contributed by atoms with van der Waals surface area (Å²) in [6.07, 6.45) is 5.73. The number of rotatable bonds is 4. The van der Waals surface area contributed by atoms with Gasteiger partial charge in [0, 0.05) is 23.8 Å². The van der Waals surface area contributed by atoms with E-state index in [9.17, 15) is 4.79 Å². The van der Waals surface area contributed by atoms with E-state index < -0.39 is 0 Å². The molecule has 1 aromatic carbocycles. The van der Waals surface area contributed by atoms with Crippen LogP contribution in [0.2, 0.25) is 0 Å². The van der Waals surface area contributed by atoms with E-state index in [-0.39, 0.29) is 11.3 Å². The van der Waals surface area contributed by atoms with E-state index in [0.717, 1.165) is 42.2 Å². The Kier molecular flexibility index (Phi) is 5.36. The summed E-state index contributed by atoms with van der Waals surface area (Å²) in [5, 5.41) is 0.0366. The van der Waals surface area contributed by atoms with Crippen molar-refractivity contribution in [3.63, 3.8) is 0 Å². The first kappa shape index (κ1) is 16.5. The van der Waals surface area contributed by atoms with Crippen LogP contribution in [0.5, 0.6) is 11.5 Å². The molecule has 4 nitrogen and oxygen atoms in total. The number of thioether (sulfide) groups is 1. The lowest BCUT2D eigenvalue weighted by Crippen LogP contribution is -2.36. The molecule has 126 valence electrons. The second-order valence-electron chi connectivity index (χ2n) is 6.20. The molecule has 0 N–H and O–H groups in total. The van der Waals surface area contributed by atoms with Crippen molar-refractivity contribution in [2.75, 3.05) is 26.5 Å². The normalized spacial score (nSPS) is 22.2. The number of amides is 1. The minimum atomic E-state index is 0.0366. The first-order valence-corrected chi connectivity index (χ1v) is 9.43. The van der Waals surface area contributed by atoms with Crippen LogP contribution in [0, 0.1) is 5.92 Å². The van der Waals surface area contributed by atoms with Gasteiger partial charge in [-0.05, 0) is 31.0 Å². The first-order valence-electron chi connectivity index (χ1n) is 8.38. The molecule has 1 atom stereocenters. The van der Waals surface area contributed by atoms with Gasteiger partial charge < -0.3 is 14.4 Å². The number of benzene rings is 1. The Morgan fingerprint density at radius 2 is 1.96 bits per heavy atom. The molecule has 5 heteroatoms. The highest BCUT2D eigenvalue weighted by Crippen LogP contribution is 2.44. The molecule has 0 unspecified atom stereocenters. The van der Waals surface area contributed by atoms with E-state index in [2.05, 4.69) is 4.90 Å². The zero-order valence-corrected chi connectivity index (χ0v) is 14.7. The zero-order valence-electron chi connectivity index (χ0n) is 13.9. The molecule has 0 spiro atoms. The second kappa shape index (κ2) is 7.47. The number of methoxy groups -OCH3 is 2. The maximum atomic E-state index is 13.0. The topological polar surface area (TPSA) is 38.8 Å². The molecule has 0 aromatic heterocycles. The Hall–Kier alpha value is -1.36. The fraction of sp³-hybridized carbons (Fsp3) is 0.611. The lowest BCUT2D eigenvalue weighted by atomic mass is 9.88. The number of hydrogen-bond acceptors (Lipinski definition) is 4. The molecule has 1 amide bonds. The third-order valence-electron chi connectivity index (χ3n) is 4.83. The van der Waals surface area contributed by atoms with Crippen molar-refractivity contribution < 1.29 is 14.3 Å². The van der Waals surface area contributed by atoms with Crippen molar-refractivity contribution >= 4 is 17.7 Å². The molecule has 1 heterocycles. The van der Waals surface area contributed by atoms with E-state index in [4.69, 9.17) is 9.47 Å². The molecule has 1 aliphatic carbocycles. The van der Waals surface area contributed by atoms with Crippen LogP contribution < -0.4 is 9.47 Å². The van der Waals surface area contributed by atoms with E-state index in [1.165, 1.54) is 19.3 Å². The first-order chi connectivity index (χ1) is 11.2. The molecule has 0 radical (unpaired) electrons. The van der Waals surface area contributed by atoms with Crippen LogP contribution in [-0.2, 0) is 4.79 Å². The maximum absolute atomic E-state index is 13.0. The molecule has 2 aliphatic rings. The lowest BCUT2D eigenvalue weighted by molar-refractivity contribution is -0.136. The van der Waals surface area contributed by atoms with Crippen molar-refractivity contribution in [2.45, 2.75) is 37.5 Å². The van der Waals surface area contributed by atoms with Gasteiger partial charge in [0.1, 0.15) is 16.9 Å². The Morgan fingerprint density at radius 3 is 2.65 bits per heavy atom. The number of nitrogens with zero attached hydrogens (tertiary/aromatic N) is 1. The lowest BCUT2D eigenvalue weighted by Gasteiger charge is -2.30. The largest absolute Gasteiger partial charge is 0.497 e. The molecule has 0 bridgehead atoms. The monoisotopic (exact) mass is 335 g/mol. The predicted octanol–water partition coefficient (Wildman–Crippen LogP) is 3.86. The van der Waals surface area contributed by atoms with Gasteiger partial charge in [-0.25, -0.2) is 0 Å².